The second kappa shape index (κ2) is 11.0. The molecule has 8 heteroatoms. The van der Waals surface area contributed by atoms with Gasteiger partial charge in [0.2, 0.25) is 0 Å². The number of amides is 1. The lowest BCUT2D eigenvalue weighted by Gasteiger charge is -2.38. The normalized spacial score (nSPS) is 23.5. The quantitative estimate of drug-likeness (QED) is 0.398. The number of benzene rings is 2. The van der Waals surface area contributed by atoms with E-state index in [9.17, 15) is 14.7 Å². The number of aliphatic carboxylic acids is 1. The van der Waals surface area contributed by atoms with Crippen LogP contribution >= 0.6 is 0 Å². The summed E-state index contributed by atoms with van der Waals surface area (Å²) in [7, 11) is 0. The van der Waals surface area contributed by atoms with Gasteiger partial charge in [0, 0.05) is 50.0 Å². The first-order valence-corrected chi connectivity index (χ1v) is 15.5. The zero-order chi connectivity index (χ0) is 29.7. The van der Waals surface area contributed by atoms with Crippen LogP contribution in [0.3, 0.4) is 0 Å². The highest BCUT2D eigenvalue weighted by molar-refractivity contribution is 5.97. The zero-order valence-electron chi connectivity index (χ0n) is 25.0. The van der Waals surface area contributed by atoms with Crippen molar-refractivity contribution in [2.75, 3.05) is 37.7 Å². The van der Waals surface area contributed by atoms with Crippen molar-refractivity contribution in [3.8, 4) is 17.0 Å². The SMILES string of the molecule is Cc1ccc(OCc2ccc3c(c2C)CCN(C2CCOCC2)C3=O)c(-c2cccc(N3CC[C@@]4(C(=O)O)C[C@H]4C3)n2)c1. The number of hydrogen-bond acceptors (Lipinski definition) is 6. The van der Waals surface area contributed by atoms with Gasteiger partial charge in [0.15, 0.2) is 0 Å². The second-order valence-corrected chi connectivity index (χ2v) is 12.7. The van der Waals surface area contributed by atoms with Crippen molar-refractivity contribution in [1.29, 1.82) is 0 Å². The topological polar surface area (TPSA) is 92.2 Å². The standard InChI is InChI=1S/C35H39N3O5/c1-22-6-9-31(29(18-22)30-4-3-5-32(36-30)37-15-13-35(34(40)41)19-25(35)20-37)43-21-24-7-8-28-27(23(24)2)10-14-38(33(28)39)26-11-16-42-17-12-26/h3-9,18,25-26H,10-17,19-21H2,1-2H3,(H,40,41)/t25-,35+/m0/s1. The Balaban J connectivity index is 1.09. The molecule has 0 unspecified atom stereocenters. The van der Waals surface area contributed by atoms with E-state index in [0.717, 1.165) is 103 Å². The Kier molecular flexibility index (Phi) is 7.12. The number of piperidine rings is 1. The Morgan fingerprint density at radius 3 is 2.72 bits per heavy atom. The fourth-order valence-corrected chi connectivity index (χ4v) is 7.39. The van der Waals surface area contributed by atoms with Gasteiger partial charge in [0.05, 0.1) is 11.1 Å². The maximum Gasteiger partial charge on any atom is 0.310 e. The lowest BCUT2D eigenvalue weighted by Crippen LogP contribution is -2.47. The maximum atomic E-state index is 13.4. The minimum absolute atomic E-state index is 0.138. The molecule has 1 saturated carbocycles. The van der Waals surface area contributed by atoms with Crippen molar-refractivity contribution in [2.45, 2.75) is 58.6 Å². The summed E-state index contributed by atoms with van der Waals surface area (Å²) in [4.78, 5) is 34.5. The number of pyridine rings is 1. The molecule has 0 bridgehead atoms. The summed E-state index contributed by atoms with van der Waals surface area (Å²) < 4.78 is 12.0. The lowest BCUT2D eigenvalue weighted by atomic mass is 9.90. The molecule has 7 rings (SSSR count). The number of nitrogens with zero attached hydrogens (tertiary/aromatic N) is 3. The zero-order valence-corrected chi connectivity index (χ0v) is 25.0. The van der Waals surface area contributed by atoms with E-state index >= 15 is 0 Å². The third-order valence-corrected chi connectivity index (χ3v) is 10.2. The van der Waals surface area contributed by atoms with E-state index in [2.05, 4.69) is 35.8 Å². The molecule has 1 N–H and O–H groups in total. The Morgan fingerprint density at radius 2 is 1.93 bits per heavy atom. The van der Waals surface area contributed by atoms with Crippen molar-refractivity contribution in [2.24, 2.45) is 11.3 Å². The van der Waals surface area contributed by atoms with Crippen LogP contribution < -0.4 is 9.64 Å². The lowest BCUT2D eigenvalue weighted by molar-refractivity contribution is -0.144. The van der Waals surface area contributed by atoms with Gasteiger partial charge < -0.3 is 24.4 Å². The van der Waals surface area contributed by atoms with Crippen LogP contribution in [-0.4, -0.2) is 65.8 Å². The van der Waals surface area contributed by atoms with Crippen LogP contribution in [0.5, 0.6) is 5.75 Å². The summed E-state index contributed by atoms with van der Waals surface area (Å²) in [6.45, 7) is 8.20. The van der Waals surface area contributed by atoms with Crippen molar-refractivity contribution in [3.63, 3.8) is 0 Å². The molecule has 2 atom stereocenters. The first-order valence-electron chi connectivity index (χ1n) is 15.5. The van der Waals surface area contributed by atoms with E-state index in [1.165, 1.54) is 0 Å². The van der Waals surface area contributed by atoms with E-state index in [-0.39, 0.29) is 17.9 Å². The number of fused-ring (bicyclic) bond motifs is 2. The van der Waals surface area contributed by atoms with E-state index in [4.69, 9.17) is 14.5 Å². The Labute approximate surface area is 252 Å². The number of ether oxygens (including phenoxy) is 2. The number of rotatable bonds is 7. The number of aryl methyl sites for hydroxylation is 1. The number of aromatic nitrogens is 1. The highest BCUT2D eigenvalue weighted by Crippen LogP contribution is 2.58. The predicted octanol–water partition coefficient (Wildman–Crippen LogP) is 5.42. The number of carbonyl (C=O) groups excluding carboxylic acids is 1. The van der Waals surface area contributed by atoms with Crippen LogP contribution in [0.1, 0.15) is 58.3 Å². The van der Waals surface area contributed by atoms with Crippen molar-refractivity contribution in [3.05, 3.63) is 76.3 Å². The number of carboxylic acids is 1. The highest BCUT2D eigenvalue weighted by Gasteiger charge is 2.62. The Bertz CT molecular complexity index is 1580. The molecule has 224 valence electrons. The van der Waals surface area contributed by atoms with Crippen LogP contribution in [-0.2, 0) is 22.6 Å². The maximum absolute atomic E-state index is 13.4. The molecule has 2 saturated heterocycles. The third-order valence-electron chi connectivity index (χ3n) is 10.2. The highest BCUT2D eigenvalue weighted by atomic mass is 16.5. The molecule has 1 aromatic heterocycles. The molecule has 3 aromatic rings. The molecule has 3 aliphatic heterocycles. The van der Waals surface area contributed by atoms with Crippen LogP contribution in [0.2, 0.25) is 0 Å². The number of carboxylic acid groups (broad SMARTS) is 1. The van der Waals surface area contributed by atoms with Crippen LogP contribution in [0.4, 0.5) is 5.82 Å². The molecule has 4 aliphatic rings. The summed E-state index contributed by atoms with van der Waals surface area (Å²) in [6.07, 6.45) is 4.10. The molecular formula is C35H39N3O5. The molecule has 4 heterocycles. The molecule has 2 aromatic carbocycles. The largest absolute Gasteiger partial charge is 0.488 e. The van der Waals surface area contributed by atoms with Gasteiger partial charge in [-0.1, -0.05) is 23.8 Å². The summed E-state index contributed by atoms with van der Waals surface area (Å²) in [5.41, 5.74) is 6.55. The molecular weight excluding hydrogens is 542 g/mol. The minimum Gasteiger partial charge on any atom is -0.488 e. The fourth-order valence-electron chi connectivity index (χ4n) is 7.39. The first-order chi connectivity index (χ1) is 20.8. The van der Waals surface area contributed by atoms with Crippen molar-refractivity contribution < 1.29 is 24.2 Å². The van der Waals surface area contributed by atoms with Gasteiger partial charge in [0.1, 0.15) is 18.2 Å². The van der Waals surface area contributed by atoms with Gasteiger partial charge in [-0.25, -0.2) is 4.98 Å². The van der Waals surface area contributed by atoms with E-state index in [0.29, 0.717) is 19.6 Å². The van der Waals surface area contributed by atoms with Gasteiger partial charge >= 0.3 is 5.97 Å². The average Bonchev–Trinajstić information content (AvgIpc) is 3.78. The van der Waals surface area contributed by atoms with Crippen LogP contribution in [0.15, 0.2) is 48.5 Å². The molecule has 1 amide bonds. The summed E-state index contributed by atoms with van der Waals surface area (Å²) in [5, 5.41) is 9.66. The van der Waals surface area contributed by atoms with Crippen molar-refractivity contribution >= 4 is 17.7 Å². The monoisotopic (exact) mass is 581 g/mol. The summed E-state index contributed by atoms with van der Waals surface area (Å²) >= 11 is 0. The summed E-state index contributed by atoms with van der Waals surface area (Å²) in [6, 6.07) is 16.5. The van der Waals surface area contributed by atoms with Crippen LogP contribution in [0, 0.1) is 25.2 Å². The van der Waals surface area contributed by atoms with Gasteiger partial charge in [0.25, 0.3) is 5.91 Å². The Morgan fingerprint density at radius 1 is 1.09 bits per heavy atom. The van der Waals surface area contributed by atoms with Gasteiger partial charge in [-0.2, -0.15) is 0 Å². The van der Waals surface area contributed by atoms with Crippen LogP contribution in [0.25, 0.3) is 11.3 Å². The van der Waals surface area contributed by atoms with E-state index in [1.807, 2.05) is 36.4 Å². The molecule has 1 aliphatic carbocycles. The van der Waals surface area contributed by atoms with Gasteiger partial charge in [-0.05, 0) is 98.9 Å². The second-order valence-electron chi connectivity index (χ2n) is 12.7. The average molecular weight is 582 g/mol. The molecule has 43 heavy (non-hydrogen) atoms. The number of anilines is 1. The number of carbonyl (C=O) groups is 2. The van der Waals surface area contributed by atoms with E-state index < -0.39 is 11.4 Å². The number of hydrogen-bond donors (Lipinski definition) is 1. The van der Waals surface area contributed by atoms with E-state index in [1.54, 1.807) is 0 Å². The van der Waals surface area contributed by atoms with Gasteiger partial charge in [-0.15, -0.1) is 0 Å². The van der Waals surface area contributed by atoms with Crippen molar-refractivity contribution in [1.82, 2.24) is 9.88 Å². The molecule has 0 spiro atoms. The fraction of sp³-hybridized carbons (Fsp3) is 0.457. The summed E-state index contributed by atoms with van der Waals surface area (Å²) in [5.74, 6) is 1.32. The molecule has 3 fully saturated rings. The van der Waals surface area contributed by atoms with Gasteiger partial charge in [-0.3, -0.25) is 9.59 Å². The minimum atomic E-state index is -0.655. The Hall–Kier alpha value is -3.91. The predicted molar refractivity (Wildman–Crippen MR) is 164 cm³/mol. The molecule has 8 nitrogen and oxygen atoms in total. The first kappa shape index (κ1) is 27.9. The smallest absolute Gasteiger partial charge is 0.310 e. The molecule has 0 radical (unpaired) electrons. The third kappa shape index (κ3) is 5.05.